The third kappa shape index (κ3) is 6.27. The third-order valence-electron chi connectivity index (χ3n) is 8.31. The lowest BCUT2D eigenvalue weighted by Crippen LogP contribution is -2.35. The van der Waals surface area contributed by atoms with Gasteiger partial charge in [0.15, 0.2) is 23.0 Å². The maximum absolute atomic E-state index is 13.7. The second kappa shape index (κ2) is 13.4. The van der Waals surface area contributed by atoms with Crippen LogP contribution in [0, 0.1) is 5.92 Å². The number of amides is 1. The molecular formula is C34H40N2O7. The van der Waals surface area contributed by atoms with E-state index >= 15 is 0 Å². The van der Waals surface area contributed by atoms with Crippen molar-refractivity contribution in [3.05, 3.63) is 76.9 Å². The summed E-state index contributed by atoms with van der Waals surface area (Å²) in [6.45, 7) is 7.21. The van der Waals surface area contributed by atoms with Gasteiger partial charge in [0.25, 0.3) is 0 Å². The van der Waals surface area contributed by atoms with Crippen molar-refractivity contribution in [1.29, 1.82) is 0 Å². The zero-order valence-corrected chi connectivity index (χ0v) is 25.2. The molecule has 3 atom stereocenters. The minimum Gasteiger partial charge on any atom is -0.493 e. The van der Waals surface area contributed by atoms with E-state index in [1.807, 2.05) is 66.4 Å². The van der Waals surface area contributed by atoms with E-state index in [0.717, 1.165) is 47.2 Å². The molecule has 2 N–H and O–H groups in total. The number of aryl methyl sites for hydroxylation is 2. The van der Waals surface area contributed by atoms with Gasteiger partial charge in [0.1, 0.15) is 0 Å². The maximum Gasteiger partial charge on any atom is 0.309 e. The summed E-state index contributed by atoms with van der Waals surface area (Å²) < 4.78 is 22.6. The molecule has 3 unspecified atom stereocenters. The van der Waals surface area contributed by atoms with Gasteiger partial charge in [-0.15, -0.1) is 0 Å². The first-order valence-electron chi connectivity index (χ1n) is 15.0. The van der Waals surface area contributed by atoms with Crippen molar-refractivity contribution < 1.29 is 33.6 Å². The number of nitrogens with zero attached hydrogens (tertiary/aromatic N) is 1. The molecular weight excluding hydrogens is 548 g/mol. The van der Waals surface area contributed by atoms with Crippen LogP contribution in [-0.4, -0.2) is 55.5 Å². The topological polar surface area (TPSA) is 107 Å². The highest BCUT2D eigenvalue weighted by atomic mass is 16.7. The number of aliphatic carboxylic acids is 1. The number of para-hydroxylation sites is 1. The van der Waals surface area contributed by atoms with Crippen molar-refractivity contribution in [2.24, 2.45) is 5.92 Å². The standard InChI is InChI=1S/C34H40N2O7/c1-5-15-41-26-14-12-24(17-28(26)40-4)33-31(34(38)39)25(23-11-13-27-29(16-23)43-20-42-27)18-36(33)19-30(37)35-32-21(6-2)9-8-10-22(32)7-3/h8-14,16-17,25,31,33H,5-7,15,18-20H2,1-4H3,(H,35,37)(H,38,39). The van der Waals surface area contributed by atoms with E-state index in [1.54, 1.807) is 7.11 Å². The van der Waals surface area contributed by atoms with Gasteiger partial charge < -0.3 is 29.4 Å². The van der Waals surface area contributed by atoms with Crippen LogP contribution in [0.5, 0.6) is 23.0 Å². The Bertz CT molecular complexity index is 1450. The lowest BCUT2D eigenvalue weighted by molar-refractivity contribution is -0.143. The van der Waals surface area contributed by atoms with Gasteiger partial charge in [0.05, 0.1) is 26.2 Å². The highest BCUT2D eigenvalue weighted by Crippen LogP contribution is 2.48. The second-order valence-electron chi connectivity index (χ2n) is 10.9. The van der Waals surface area contributed by atoms with Crippen LogP contribution >= 0.6 is 0 Å². The van der Waals surface area contributed by atoms with E-state index in [9.17, 15) is 14.7 Å². The number of carbonyl (C=O) groups excluding carboxylic acids is 1. The number of likely N-dealkylation sites (tertiary alicyclic amines) is 1. The number of nitrogens with one attached hydrogen (secondary N) is 1. The molecule has 0 aromatic heterocycles. The Morgan fingerprint density at radius 2 is 1.67 bits per heavy atom. The minimum atomic E-state index is -0.939. The van der Waals surface area contributed by atoms with Gasteiger partial charge in [-0.3, -0.25) is 14.5 Å². The maximum atomic E-state index is 13.7. The normalized spacial score (nSPS) is 19.3. The van der Waals surface area contributed by atoms with Gasteiger partial charge in [0, 0.05) is 24.2 Å². The fourth-order valence-corrected chi connectivity index (χ4v) is 6.24. The molecule has 9 nitrogen and oxygen atoms in total. The third-order valence-corrected chi connectivity index (χ3v) is 8.31. The Kier molecular flexibility index (Phi) is 9.40. The number of benzene rings is 3. The van der Waals surface area contributed by atoms with Gasteiger partial charge in [-0.2, -0.15) is 0 Å². The molecule has 1 saturated heterocycles. The number of anilines is 1. The Balaban J connectivity index is 1.52. The summed E-state index contributed by atoms with van der Waals surface area (Å²) in [5.41, 5.74) is 4.55. The molecule has 9 heteroatoms. The van der Waals surface area contributed by atoms with E-state index in [2.05, 4.69) is 19.2 Å². The Morgan fingerprint density at radius 3 is 2.35 bits per heavy atom. The van der Waals surface area contributed by atoms with Crippen molar-refractivity contribution >= 4 is 17.6 Å². The molecule has 0 saturated carbocycles. The highest BCUT2D eigenvalue weighted by molar-refractivity contribution is 5.94. The van der Waals surface area contributed by atoms with Gasteiger partial charge in [-0.25, -0.2) is 0 Å². The molecule has 0 radical (unpaired) electrons. The fourth-order valence-electron chi connectivity index (χ4n) is 6.24. The summed E-state index contributed by atoms with van der Waals surface area (Å²) in [7, 11) is 1.57. The molecule has 3 aromatic rings. The quantitative estimate of drug-likeness (QED) is 0.273. The van der Waals surface area contributed by atoms with Crippen LogP contribution in [0.1, 0.15) is 61.4 Å². The minimum absolute atomic E-state index is 0.0209. The van der Waals surface area contributed by atoms with Gasteiger partial charge in [-0.1, -0.05) is 51.1 Å². The van der Waals surface area contributed by atoms with Gasteiger partial charge >= 0.3 is 5.97 Å². The number of ether oxygens (including phenoxy) is 4. The lowest BCUT2D eigenvalue weighted by atomic mass is 9.82. The number of fused-ring (bicyclic) bond motifs is 1. The van der Waals surface area contributed by atoms with Crippen molar-refractivity contribution in [1.82, 2.24) is 4.90 Å². The van der Waals surface area contributed by atoms with Crippen LogP contribution in [0.2, 0.25) is 0 Å². The number of carboxylic acids is 1. The molecule has 0 spiro atoms. The molecule has 2 aliphatic heterocycles. The number of carboxylic acid groups (broad SMARTS) is 1. The van der Waals surface area contributed by atoms with Crippen LogP contribution < -0.4 is 24.3 Å². The average molecular weight is 589 g/mol. The lowest BCUT2D eigenvalue weighted by Gasteiger charge is -2.28. The summed E-state index contributed by atoms with van der Waals surface area (Å²) >= 11 is 0. The molecule has 1 amide bonds. The molecule has 1 fully saturated rings. The largest absolute Gasteiger partial charge is 0.493 e. The van der Waals surface area contributed by atoms with Crippen molar-refractivity contribution in [2.75, 3.05) is 38.9 Å². The summed E-state index contributed by atoms with van der Waals surface area (Å²) in [6, 6.07) is 16.6. The number of hydrogen-bond acceptors (Lipinski definition) is 7. The highest BCUT2D eigenvalue weighted by Gasteiger charge is 2.48. The smallest absolute Gasteiger partial charge is 0.309 e. The van der Waals surface area contributed by atoms with Gasteiger partial charge in [-0.05, 0) is 65.8 Å². The van der Waals surface area contributed by atoms with E-state index in [-0.39, 0.29) is 19.2 Å². The summed E-state index contributed by atoms with van der Waals surface area (Å²) in [5.74, 6) is -0.0213. The van der Waals surface area contributed by atoms with Crippen LogP contribution in [0.25, 0.3) is 0 Å². The fraction of sp³-hybridized carbons (Fsp3) is 0.412. The summed E-state index contributed by atoms with van der Waals surface area (Å²) in [6.07, 6.45) is 2.42. The average Bonchev–Trinajstić information content (AvgIpc) is 3.64. The molecule has 3 aromatic carbocycles. The number of carbonyl (C=O) groups is 2. The number of hydrogen-bond donors (Lipinski definition) is 2. The van der Waals surface area contributed by atoms with Crippen LogP contribution in [0.4, 0.5) is 5.69 Å². The summed E-state index contributed by atoms with van der Waals surface area (Å²) in [5, 5.41) is 13.8. The number of methoxy groups -OCH3 is 1. The zero-order valence-electron chi connectivity index (χ0n) is 25.2. The Hall–Kier alpha value is -4.24. The monoisotopic (exact) mass is 588 g/mol. The summed E-state index contributed by atoms with van der Waals surface area (Å²) in [4.78, 5) is 28.6. The molecule has 0 bridgehead atoms. The first kappa shape index (κ1) is 30.2. The Morgan fingerprint density at radius 1 is 0.953 bits per heavy atom. The zero-order chi connectivity index (χ0) is 30.5. The van der Waals surface area contributed by atoms with E-state index in [1.165, 1.54) is 0 Å². The second-order valence-corrected chi connectivity index (χ2v) is 10.9. The van der Waals surface area contributed by atoms with Crippen molar-refractivity contribution in [3.63, 3.8) is 0 Å². The van der Waals surface area contributed by atoms with Crippen LogP contribution in [0.15, 0.2) is 54.6 Å². The molecule has 2 aliphatic rings. The van der Waals surface area contributed by atoms with Crippen molar-refractivity contribution in [2.45, 2.75) is 52.0 Å². The number of rotatable bonds is 12. The van der Waals surface area contributed by atoms with Crippen LogP contribution in [0.3, 0.4) is 0 Å². The first-order chi connectivity index (χ1) is 20.9. The predicted molar refractivity (Wildman–Crippen MR) is 163 cm³/mol. The van der Waals surface area contributed by atoms with Crippen molar-refractivity contribution in [3.8, 4) is 23.0 Å². The molecule has 0 aliphatic carbocycles. The Labute approximate surface area is 252 Å². The van der Waals surface area contributed by atoms with E-state index < -0.39 is 23.8 Å². The molecule has 2 heterocycles. The molecule has 228 valence electrons. The molecule has 5 rings (SSSR count). The van der Waals surface area contributed by atoms with Gasteiger partial charge in [0.2, 0.25) is 12.7 Å². The predicted octanol–water partition coefficient (Wildman–Crippen LogP) is 5.82. The van der Waals surface area contributed by atoms with Crippen LogP contribution in [-0.2, 0) is 22.4 Å². The first-order valence-corrected chi connectivity index (χ1v) is 15.0. The SMILES string of the molecule is CCCOc1ccc(C2C(C(=O)O)C(c3ccc4c(c3)OCO4)CN2CC(=O)Nc2c(CC)cccc2CC)cc1OC. The molecule has 43 heavy (non-hydrogen) atoms. The van der Waals surface area contributed by atoms with E-state index in [0.29, 0.717) is 36.1 Å². The van der Waals surface area contributed by atoms with E-state index in [4.69, 9.17) is 18.9 Å².